The van der Waals surface area contributed by atoms with Crippen molar-refractivity contribution >= 4 is 32.5 Å². The summed E-state index contributed by atoms with van der Waals surface area (Å²) in [6, 6.07) is 0.551. The van der Waals surface area contributed by atoms with Crippen LogP contribution in [0.25, 0.3) is 0 Å². The van der Waals surface area contributed by atoms with E-state index in [-0.39, 0.29) is 31.6 Å². The Kier molecular flexibility index (Phi) is 9.41. The molecule has 1 heterocycles. The largest absolute Gasteiger partial charge is 0.500 e. The molecule has 1 fully saturated rings. The summed E-state index contributed by atoms with van der Waals surface area (Å²) in [6.07, 6.45) is 0.333. The number of amides is 3. The lowest BCUT2D eigenvalue weighted by molar-refractivity contribution is -0.197. The molecule has 26 heavy (non-hydrogen) atoms. The standard InChI is InChI=1S/C15H26N2O8Si/c1-4-24-26(22-2,23-3)11-5-10-16-12(18)6-9-15(21)25-17-13(19)7-8-14(17)20/h4-11H2,1-3H3,(H,16,18). The first-order chi connectivity index (χ1) is 12.4. The summed E-state index contributed by atoms with van der Waals surface area (Å²) in [6.45, 7) is 2.71. The minimum absolute atomic E-state index is 0.0299. The molecule has 1 saturated heterocycles. The molecule has 11 heteroatoms. The predicted octanol–water partition coefficient (Wildman–Crippen LogP) is 0.148. The monoisotopic (exact) mass is 390 g/mol. The van der Waals surface area contributed by atoms with E-state index in [1.807, 2.05) is 6.92 Å². The van der Waals surface area contributed by atoms with Crippen LogP contribution < -0.4 is 5.32 Å². The summed E-state index contributed by atoms with van der Waals surface area (Å²) in [4.78, 5) is 50.7. The molecule has 148 valence electrons. The lowest BCUT2D eigenvalue weighted by Gasteiger charge is -2.25. The fourth-order valence-electron chi connectivity index (χ4n) is 2.34. The number of imide groups is 1. The van der Waals surface area contributed by atoms with Crippen LogP contribution in [-0.2, 0) is 37.3 Å². The van der Waals surface area contributed by atoms with E-state index < -0.39 is 26.6 Å². The second-order valence-electron chi connectivity index (χ2n) is 5.52. The smallest absolute Gasteiger partial charge is 0.377 e. The Bertz CT molecular complexity index is 508. The van der Waals surface area contributed by atoms with Gasteiger partial charge in [-0.1, -0.05) is 0 Å². The van der Waals surface area contributed by atoms with Crippen molar-refractivity contribution < 1.29 is 37.3 Å². The predicted molar refractivity (Wildman–Crippen MR) is 90.2 cm³/mol. The van der Waals surface area contributed by atoms with Crippen molar-refractivity contribution in [1.29, 1.82) is 0 Å². The van der Waals surface area contributed by atoms with Crippen LogP contribution in [0.15, 0.2) is 0 Å². The van der Waals surface area contributed by atoms with Gasteiger partial charge in [0.05, 0.1) is 6.42 Å². The summed E-state index contributed by atoms with van der Waals surface area (Å²) in [5.74, 6) is -2.23. The van der Waals surface area contributed by atoms with Gasteiger partial charge >= 0.3 is 14.8 Å². The maximum atomic E-state index is 11.8. The molecule has 0 spiro atoms. The van der Waals surface area contributed by atoms with Gasteiger partial charge in [-0.25, -0.2) is 4.79 Å². The van der Waals surface area contributed by atoms with Crippen LogP contribution in [0.5, 0.6) is 0 Å². The highest BCUT2D eigenvalue weighted by Gasteiger charge is 2.37. The molecule has 1 aliphatic heterocycles. The Morgan fingerprint density at radius 1 is 1.12 bits per heavy atom. The lowest BCUT2D eigenvalue weighted by Crippen LogP contribution is -2.44. The number of hydroxylamine groups is 2. The van der Waals surface area contributed by atoms with E-state index >= 15 is 0 Å². The van der Waals surface area contributed by atoms with Gasteiger partial charge in [-0.3, -0.25) is 14.4 Å². The second-order valence-corrected chi connectivity index (χ2v) is 8.49. The summed E-state index contributed by atoms with van der Waals surface area (Å²) in [5.41, 5.74) is 0. The van der Waals surface area contributed by atoms with Crippen LogP contribution in [-0.4, -0.2) is 64.9 Å². The molecular formula is C15H26N2O8Si. The Labute approximate surface area is 153 Å². The van der Waals surface area contributed by atoms with Crippen molar-refractivity contribution in [2.24, 2.45) is 0 Å². The summed E-state index contributed by atoms with van der Waals surface area (Å²) in [5, 5.41) is 3.14. The fourth-order valence-corrected chi connectivity index (χ4v) is 4.34. The zero-order chi connectivity index (χ0) is 19.6. The SMILES string of the molecule is CCO[Si](CCCNC(=O)CCC(=O)ON1C(=O)CCC1=O)(OC)OC. The van der Waals surface area contributed by atoms with E-state index in [4.69, 9.17) is 13.3 Å². The first kappa shape index (κ1) is 22.2. The van der Waals surface area contributed by atoms with Crippen molar-refractivity contribution in [3.05, 3.63) is 0 Å². The molecular weight excluding hydrogens is 364 g/mol. The Morgan fingerprint density at radius 3 is 2.27 bits per heavy atom. The number of hydrogen-bond donors (Lipinski definition) is 1. The topological polar surface area (TPSA) is 120 Å². The molecule has 0 radical (unpaired) electrons. The molecule has 1 rings (SSSR count). The van der Waals surface area contributed by atoms with E-state index in [0.29, 0.717) is 30.7 Å². The third kappa shape index (κ3) is 6.82. The zero-order valence-corrected chi connectivity index (χ0v) is 16.4. The molecule has 0 bridgehead atoms. The zero-order valence-electron chi connectivity index (χ0n) is 15.4. The molecule has 1 N–H and O–H groups in total. The van der Waals surface area contributed by atoms with Gasteiger partial charge in [-0.05, 0) is 13.3 Å². The maximum absolute atomic E-state index is 11.8. The highest BCUT2D eigenvalue weighted by Crippen LogP contribution is 2.15. The van der Waals surface area contributed by atoms with Gasteiger partial charge in [0.25, 0.3) is 11.8 Å². The van der Waals surface area contributed by atoms with Gasteiger partial charge in [0.2, 0.25) is 5.91 Å². The Morgan fingerprint density at radius 2 is 1.73 bits per heavy atom. The normalized spacial score (nSPS) is 14.7. The van der Waals surface area contributed by atoms with Gasteiger partial charge in [-0.2, -0.15) is 0 Å². The molecule has 0 unspecified atom stereocenters. The van der Waals surface area contributed by atoms with Crippen LogP contribution in [0.2, 0.25) is 6.04 Å². The highest BCUT2D eigenvalue weighted by molar-refractivity contribution is 6.60. The van der Waals surface area contributed by atoms with Crippen molar-refractivity contribution in [3.63, 3.8) is 0 Å². The van der Waals surface area contributed by atoms with Crippen LogP contribution >= 0.6 is 0 Å². The van der Waals surface area contributed by atoms with Gasteiger partial charge in [-0.15, -0.1) is 5.06 Å². The van der Waals surface area contributed by atoms with Crippen molar-refractivity contribution in [3.8, 4) is 0 Å². The number of rotatable bonds is 12. The number of nitrogens with zero attached hydrogens (tertiary/aromatic N) is 1. The molecule has 0 aliphatic carbocycles. The molecule has 1 aliphatic rings. The summed E-state index contributed by atoms with van der Waals surface area (Å²) >= 11 is 0. The molecule has 3 amide bonds. The van der Waals surface area contributed by atoms with Crippen LogP contribution in [0, 0.1) is 0 Å². The van der Waals surface area contributed by atoms with Gasteiger partial charge in [0.1, 0.15) is 0 Å². The van der Waals surface area contributed by atoms with Crippen molar-refractivity contribution in [1.82, 2.24) is 10.4 Å². The molecule has 0 aromatic carbocycles. The van der Waals surface area contributed by atoms with Gasteiger partial charge in [0.15, 0.2) is 0 Å². The average Bonchev–Trinajstić information content (AvgIpc) is 2.94. The van der Waals surface area contributed by atoms with E-state index in [0.717, 1.165) is 0 Å². The summed E-state index contributed by atoms with van der Waals surface area (Å²) < 4.78 is 16.3. The fraction of sp³-hybridized carbons (Fsp3) is 0.733. The van der Waals surface area contributed by atoms with Gasteiger partial charge < -0.3 is 23.4 Å². The maximum Gasteiger partial charge on any atom is 0.500 e. The van der Waals surface area contributed by atoms with Gasteiger partial charge in [0, 0.05) is 52.7 Å². The van der Waals surface area contributed by atoms with Crippen LogP contribution in [0.1, 0.15) is 39.0 Å². The van der Waals surface area contributed by atoms with Crippen LogP contribution in [0.4, 0.5) is 0 Å². The minimum Gasteiger partial charge on any atom is -0.377 e. The molecule has 0 saturated carbocycles. The number of carbonyl (C=O) groups is 4. The molecule has 10 nitrogen and oxygen atoms in total. The third-order valence-corrected chi connectivity index (χ3v) is 6.66. The lowest BCUT2D eigenvalue weighted by atomic mass is 10.3. The third-order valence-electron chi connectivity index (χ3n) is 3.72. The number of carbonyl (C=O) groups excluding carboxylic acids is 4. The Hall–Kier alpha value is -1.82. The van der Waals surface area contributed by atoms with Crippen molar-refractivity contribution in [2.45, 2.75) is 45.1 Å². The number of nitrogens with one attached hydrogen (secondary N) is 1. The molecule has 0 atom stereocenters. The van der Waals surface area contributed by atoms with Crippen LogP contribution in [0.3, 0.4) is 0 Å². The van der Waals surface area contributed by atoms with E-state index in [1.54, 1.807) is 0 Å². The number of hydrogen-bond acceptors (Lipinski definition) is 8. The molecule has 0 aromatic heterocycles. The minimum atomic E-state index is -2.68. The van der Waals surface area contributed by atoms with E-state index in [9.17, 15) is 19.2 Å². The van der Waals surface area contributed by atoms with Crippen molar-refractivity contribution in [2.75, 3.05) is 27.4 Å². The quantitative estimate of drug-likeness (QED) is 0.284. The first-order valence-corrected chi connectivity index (χ1v) is 10.4. The molecule has 0 aromatic rings. The Balaban J connectivity index is 2.23. The second kappa shape index (κ2) is 11.0. The summed E-state index contributed by atoms with van der Waals surface area (Å²) in [7, 11) is 0.386. The highest BCUT2D eigenvalue weighted by atomic mass is 28.4. The van der Waals surface area contributed by atoms with E-state index in [1.165, 1.54) is 14.2 Å². The average molecular weight is 390 g/mol. The van der Waals surface area contributed by atoms with E-state index in [2.05, 4.69) is 10.2 Å². The first-order valence-electron chi connectivity index (χ1n) is 8.45.